The maximum Gasteiger partial charge on any atom is 0.417 e. The molecule has 0 radical (unpaired) electrons. The van der Waals surface area contributed by atoms with Gasteiger partial charge in [-0.05, 0) is 48.9 Å². The van der Waals surface area contributed by atoms with E-state index in [2.05, 4.69) is 5.32 Å². The van der Waals surface area contributed by atoms with E-state index in [4.69, 9.17) is 5.26 Å². The van der Waals surface area contributed by atoms with Crippen molar-refractivity contribution in [1.29, 1.82) is 5.26 Å². The minimum Gasteiger partial charge on any atom is -0.317 e. The summed E-state index contributed by atoms with van der Waals surface area (Å²) < 4.78 is 78.5. The molecule has 0 saturated carbocycles. The predicted octanol–water partition coefficient (Wildman–Crippen LogP) is 4.42. The summed E-state index contributed by atoms with van der Waals surface area (Å²) >= 11 is 0. The number of alkyl halides is 6. The summed E-state index contributed by atoms with van der Waals surface area (Å²) in [5.41, 5.74) is -3.11. The number of likely N-dealkylation sites (tertiary alicyclic amines) is 1. The molecule has 37 heavy (non-hydrogen) atoms. The molecular formula is C23H15F6N5O3. The van der Waals surface area contributed by atoms with E-state index < -0.39 is 65.1 Å². The van der Waals surface area contributed by atoms with Crippen LogP contribution in [0.15, 0.2) is 42.5 Å². The second kappa shape index (κ2) is 8.12. The number of rotatable bonds is 2. The Kier molecular flexibility index (Phi) is 5.36. The number of anilines is 2. The Morgan fingerprint density at radius 2 is 1.68 bits per heavy atom. The van der Waals surface area contributed by atoms with E-state index in [1.165, 1.54) is 15.9 Å². The lowest BCUT2D eigenvalue weighted by molar-refractivity contribution is -0.138. The highest BCUT2D eigenvalue weighted by Gasteiger charge is 2.63. The molecule has 3 aliphatic rings. The van der Waals surface area contributed by atoms with Gasteiger partial charge in [0.2, 0.25) is 0 Å². The van der Waals surface area contributed by atoms with Gasteiger partial charge >= 0.3 is 24.4 Å². The lowest BCUT2D eigenvalue weighted by Crippen LogP contribution is -2.55. The fourth-order valence-electron chi connectivity index (χ4n) is 5.07. The summed E-state index contributed by atoms with van der Waals surface area (Å²) in [5, 5.41) is 11.5. The van der Waals surface area contributed by atoms with Crippen molar-refractivity contribution < 1.29 is 40.7 Å². The Balaban J connectivity index is 1.36. The Hall–Kier alpha value is -4.28. The third-order valence-electron chi connectivity index (χ3n) is 6.68. The molecule has 14 heteroatoms. The average Bonchev–Trinajstić information content (AvgIpc) is 3.49. The van der Waals surface area contributed by atoms with E-state index >= 15 is 0 Å². The van der Waals surface area contributed by atoms with Gasteiger partial charge in [-0.1, -0.05) is 0 Å². The largest absolute Gasteiger partial charge is 0.417 e. The molecule has 192 valence electrons. The molecule has 8 nitrogen and oxygen atoms in total. The second-order valence-corrected chi connectivity index (χ2v) is 8.76. The standard InChI is InChI=1S/C23H15F6N5O3/c24-22(25,26)12-2-4-13(5-3-12)31-20(36)32-10-15-8-17(32)18-19(35)34(21(37)33(15)18)14-6-1-11(9-30)16(7-14)23(27,28)29/h1-7,15,17-18H,8,10H2,(H,31,36)/t15-,17-,18+/m0/s1. The first-order valence-corrected chi connectivity index (χ1v) is 10.8. The van der Waals surface area contributed by atoms with Gasteiger partial charge in [0.05, 0.1) is 40.5 Å². The molecule has 3 aliphatic heterocycles. The van der Waals surface area contributed by atoms with Crippen LogP contribution >= 0.6 is 0 Å². The normalized spacial score (nSPS) is 22.9. The van der Waals surface area contributed by atoms with Gasteiger partial charge in [0, 0.05) is 12.2 Å². The van der Waals surface area contributed by atoms with Crippen molar-refractivity contribution >= 4 is 29.3 Å². The monoisotopic (exact) mass is 523 g/mol. The molecule has 5 rings (SSSR count). The van der Waals surface area contributed by atoms with Crippen LogP contribution in [0.5, 0.6) is 0 Å². The summed E-state index contributed by atoms with van der Waals surface area (Å²) in [6.07, 6.45) is -9.18. The van der Waals surface area contributed by atoms with Crippen LogP contribution in [0.4, 0.5) is 47.3 Å². The lowest BCUT2D eigenvalue weighted by atomic mass is 10.1. The third-order valence-corrected chi connectivity index (χ3v) is 6.68. The van der Waals surface area contributed by atoms with Crippen molar-refractivity contribution in [1.82, 2.24) is 9.80 Å². The van der Waals surface area contributed by atoms with Crippen molar-refractivity contribution in [2.75, 3.05) is 16.8 Å². The van der Waals surface area contributed by atoms with Gasteiger partial charge in [-0.25, -0.2) is 14.5 Å². The first-order chi connectivity index (χ1) is 17.3. The number of piperazine rings is 1. The first-order valence-electron chi connectivity index (χ1n) is 10.8. The lowest BCUT2D eigenvalue weighted by Gasteiger charge is -2.34. The smallest absolute Gasteiger partial charge is 0.317 e. The zero-order valence-corrected chi connectivity index (χ0v) is 18.5. The second-order valence-electron chi connectivity index (χ2n) is 8.76. The number of nitrogens with one attached hydrogen (secondary N) is 1. The van der Waals surface area contributed by atoms with Crippen LogP contribution in [-0.4, -0.2) is 52.4 Å². The highest BCUT2D eigenvalue weighted by Crippen LogP contribution is 2.43. The number of imide groups is 1. The number of amides is 5. The number of benzene rings is 2. The van der Waals surface area contributed by atoms with Gasteiger partial charge < -0.3 is 15.1 Å². The van der Waals surface area contributed by atoms with Crippen LogP contribution in [0.25, 0.3) is 0 Å². The fourth-order valence-corrected chi connectivity index (χ4v) is 5.07. The van der Waals surface area contributed by atoms with Crippen LogP contribution < -0.4 is 10.2 Å². The minimum absolute atomic E-state index is 0.0294. The van der Waals surface area contributed by atoms with Crippen LogP contribution in [0.1, 0.15) is 23.1 Å². The number of carbonyl (C=O) groups excluding carboxylic acids is 3. The molecule has 3 saturated heterocycles. The average molecular weight is 523 g/mol. The maximum atomic E-state index is 13.4. The molecular weight excluding hydrogens is 508 g/mol. The molecule has 2 aromatic rings. The summed E-state index contributed by atoms with van der Waals surface area (Å²) in [6, 6.07) is 3.70. The molecule has 2 aromatic carbocycles. The van der Waals surface area contributed by atoms with Crippen molar-refractivity contribution in [2.45, 2.75) is 36.9 Å². The molecule has 3 heterocycles. The van der Waals surface area contributed by atoms with E-state index in [0.29, 0.717) is 11.0 Å². The predicted molar refractivity (Wildman–Crippen MR) is 114 cm³/mol. The topological polar surface area (TPSA) is 96.8 Å². The fraction of sp³-hybridized carbons (Fsp3) is 0.304. The number of fused-ring (bicyclic) bond motifs is 5. The van der Waals surface area contributed by atoms with E-state index in [1.54, 1.807) is 0 Å². The Bertz CT molecular complexity index is 1350. The van der Waals surface area contributed by atoms with Gasteiger partial charge in [0.1, 0.15) is 6.04 Å². The molecule has 1 N–H and O–H groups in total. The third kappa shape index (κ3) is 3.90. The summed E-state index contributed by atoms with van der Waals surface area (Å²) in [4.78, 5) is 42.3. The molecule has 2 bridgehead atoms. The summed E-state index contributed by atoms with van der Waals surface area (Å²) in [5.74, 6) is -0.817. The van der Waals surface area contributed by atoms with Crippen LogP contribution in [0, 0.1) is 11.3 Å². The molecule has 0 unspecified atom stereocenters. The number of nitrogens with zero attached hydrogens (tertiary/aromatic N) is 4. The molecule has 3 fully saturated rings. The Labute approximate surface area is 204 Å². The summed E-state index contributed by atoms with van der Waals surface area (Å²) in [6.45, 7) is 0.0294. The van der Waals surface area contributed by atoms with Crippen molar-refractivity contribution in [3.05, 3.63) is 59.2 Å². The van der Waals surface area contributed by atoms with Gasteiger partial charge in [0.25, 0.3) is 5.91 Å². The van der Waals surface area contributed by atoms with Gasteiger partial charge in [-0.2, -0.15) is 31.6 Å². The zero-order chi connectivity index (χ0) is 26.9. The molecule has 5 amide bonds. The zero-order valence-electron chi connectivity index (χ0n) is 18.5. The molecule has 0 aromatic heterocycles. The number of hydrogen-bond acceptors (Lipinski definition) is 4. The van der Waals surface area contributed by atoms with E-state index in [0.717, 1.165) is 36.4 Å². The highest BCUT2D eigenvalue weighted by molar-refractivity contribution is 6.22. The molecule has 0 spiro atoms. The number of halogens is 6. The van der Waals surface area contributed by atoms with E-state index in [-0.39, 0.29) is 24.3 Å². The van der Waals surface area contributed by atoms with E-state index in [1.807, 2.05) is 0 Å². The number of hydrogen-bond donors (Lipinski definition) is 1. The van der Waals surface area contributed by atoms with Gasteiger partial charge in [-0.15, -0.1) is 0 Å². The van der Waals surface area contributed by atoms with Crippen molar-refractivity contribution in [3.8, 4) is 6.07 Å². The van der Waals surface area contributed by atoms with Gasteiger partial charge in [0.15, 0.2) is 0 Å². The maximum absolute atomic E-state index is 13.4. The molecule has 0 aliphatic carbocycles. The van der Waals surface area contributed by atoms with Gasteiger partial charge in [-0.3, -0.25) is 4.79 Å². The Morgan fingerprint density at radius 1 is 1.00 bits per heavy atom. The number of nitriles is 1. The number of carbonyl (C=O) groups is 3. The highest BCUT2D eigenvalue weighted by atomic mass is 19.4. The van der Waals surface area contributed by atoms with Crippen molar-refractivity contribution in [2.24, 2.45) is 0 Å². The quantitative estimate of drug-likeness (QED) is 0.466. The SMILES string of the molecule is N#Cc1ccc(N2C(=O)[C@H]3[C@@H]4C[C@@H](CN4C(=O)Nc4ccc(C(F)(F)F)cc4)N3C2=O)cc1C(F)(F)F. The Morgan fingerprint density at radius 3 is 2.27 bits per heavy atom. The molecule has 3 atom stereocenters. The van der Waals surface area contributed by atoms with Crippen LogP contribution in [0.3, 0.4) is 0 Å². The number of urea groups is 2. The van der Waals surface area contributed by atoms with Crippen LogP contribution in [0.2, 0.25) is 0 Å². The first kappa shape index (κ1) is 24.4. The minimum atomic E-state index is -4.89. The van der Waals surface area contributed by atoms with Crippen molar-refractivity contribution in [3.63, 3.8) is 0 Å². The van der Waals surface area contributed by atoms with E-state index in [9.17, 15) is 40.7 Å². The summed E-state index contributed by atoms with van der Waals surface area (Å²) in [7, 11) is 0. The van der Waals surface area contributed by atoms with Crippen LogP contribution in [-0.2, 0) is 17.1 Å².